The first kappa shape index (κ1) is 21.5. The minimum Gasteiger partial charge on any atom is -0.307 e. The summed E-state index contributed by atoms with van der Waals surface area (Å²) in [4.78, 5) is 1.48. The van der Waals surface area contributed by atoms with Gasteiger partial charge in [0.25, 0.3) is 0 Å². The van der Waals surface area contributed by atoms with E-state index in [0.717, 1.165) is 0 Å². The molecule has 8 aromatic rings. The van der Waals surface area contributed by atoms with Crippen LogP contribution < -0.4 is 0 Å². The van der Waals surface area contributed by atoms with Gasteiger partial charge in [-0.1, -0.05) is 117 Å². The molecule has 1 aliphatic carbocycles. The lowest BCUT2D eigenvalue weighted by Crippen LogP contribution is -2.13. The average molecular weight is 516 g/mol. The maximum absolute atomic E-state index is 2.55. The number of hydrogen-bond donors (Lipinski definition) is 0. The summed E-state index contributed by atoms with van der Waals surface area (Å²) in [5.41, 5.74) is 8.07. The summed E-state index contributed by atoms with van der Waals surface area (Å²) in [7, 11) is 0. The van der Waals surface area contributed by atoms with Gasteiger partial charge in [0, 0.05) is 43.1 Å². The van der Waals surface area contributed by atoms with Crippen LogP contribution in [0.1, 0.15) is 24.3 Å². The maximum Gasteiger partial charge on any atom is 0.0720 e. The van der Waals surface area contributed by atoms with Gasteiger partial charge in [0.1, 0.15) is 0 Å². The molecule has 6 aromatic carbocycles. The zero-order valence-corrected chi connectivity index (χ0v) is 22.6. The Labute approximate surface area is 230 Å². The van der Waals surface area contributed by atoms with Crippen LogP contribution >= 0.6 is 11.3 Å². The van der Waals surface area contributed by atoms with Crippen LogP contribution in [-0.4, -0.2) is 4.57 Å². The van der Waals surface area contributed by atoms with Crippen molar-refractivity contribution in [1.29, 1.82) is 0 Å². The quantitative estimate of drug-likeness (QED) is 0.192. The summed E-state index contributed by atoms with van der Waals surface area (Å²) >= 11 is 1.99. The minimum atomic E-state index is -0.00901. The Morgan fingerprint density at radius 1 is 0.538 bits per heavy atom. The van der Waals surface area contributed by atoms with Crippen LogP contribution in [0.5, 0.6) is 0 Å². The van der Waals surface area contributed by atoms with Gasteiger partial charge < -0.3 is 4.57 Å². The van der Waals surface area contributed by atoms with Crippen molar-refractivity contribution >= 4 is 64.8 Å². The molecule has 0 fully saturated rings. The summed E-state index contributed by atoms with van der Waals surface area (Å²) in [5.74, 6) is 0. The van der Waals surface area contributed by atoms with E-state index >= 15 is 0 Å². The molecule has 0 aliphatic heterocycles. The van der Waals surface area contributed by atoms with Crippen LogP contribution in [0.4, 0.5) is 0 Å². The first-order valence-corrected chi connectivity index (χ1v) is 14.4. The van der Waals surface area contributed by atoms with Crippen LogP contribution in [0.25, 0.3) is 70.3 Å². The van der Waals surface area contributed by atoms with Crippen molar-refractivity contribution in [2.24, 2.45) is 0 Å². The lowest BCUT2D eigenvalue weighted by Gasteiger charge is -2.19. The van der Waals surface area contributed by atoms with E-state index in [1.807, 2.05) is 11.3 Å². The fraction of sp³-hybridized carbons (Fsp3) is 0.0811. The van der Waals surface area contributed by atoms with E-state index < -0.39 is 0 Å². The van der Waals surface area contributed by atoms with Crippen molar-refractivity contribution in [3.8, 4) is 16.8 Å². The predicted molar refractivity (Wildman–Crippen MR) is 169 cm³/mol. The van der Waals surface area contributed by atoms with E-state index in [1.165, 1.54) is 80.7 Å². The van der Waals surface area contributed by atoms with Gasteiger partial charge in [-0.3, -0.25) is 0 Å². The average Bonchev–Trinajstić information content (AvgIpc) is 3.61. The van der Waals surface area contributed by atoms with Gasteiger partial charge in [-0.25, -0.2) is 0 Å². The Kier molecular flexibility index (Phi) is 4.07. The third-order valence-corrected chi connectivity index (χ3v) is 10.4. The van der Waals surface area contributed by atoms with Crippen LogP contribution in [0.3, 0.4) is 0 Å². The molecular weight excluding hydrogens is 490 g/mol. The molecule has 1 aliphatic rings. The highest BCUT2D eigenvalue weighted by molar-refractivity contribution is 7.21. The van der Waals surface area contributed by atoms with Crippen molar-refractivity contribution < 1.29 is 0 Å². The highest BCUT2D eigenvalue weighted by Gasteiger charge is 2.39. The minimum absolute atomic E-state index is 0.00901. The zero-order valence-electron chi connectivity index (χ0n) is 21.8. The van der Waals surface area contributed by atoms with E-state index in [0.29, 0.717) is 0 Å². The molecule has 0 amide bonds. The maximum atomic E-state index is 2.55. The summed E-state index contributed by atoms with van der Waals surface area (Å²) in [6, 6.07) is 42.5. The third kappa shape index (κ3) is 2.60. The topological polar surface area (TPSA) is 4.93 Å². The highest BCUT2D eigenvalue weighted by atomic mass is 32.1. The van der Waals surface area contributed by atoms with Gasteiger partial charge in [-0.2, -0.15) is 0 Å². The number of benzene rings is 6. The highest BCUT2D eigenvalue weighted by Crippen LogP contribution is 2.57. The summed E-state index contributed by atoms with van der Waals surface area (Å²) < 4.78 is 3.93. The van der Waals surface area contributed by atoms with Gasteiger partial charge in [-0.05, 0) is 39.4 Å². The molecule has 2 heterocycles. The number of fused-ring (bicyclic) bond motifs is 14. The Balaban J connectivity index is 1.58. The van der Waals surface area contributed by atoms with Crippen molar-refractivity contribution in [3.05, 3.63) is 126 Å². The number of rotatable bonds is 1. The van der Waals surface area contributed by atoms with Gasteiger partial charge in [0.05, 0.1) is 15.7 Å². The molecule has 1 nitrogen and oxygen atoms in total. The lowest BCUT2D eigenvalue weighted by molar-refractivity contribution is 0.674. The monoisotopic (exact) mass is 515 g/mol. The van der Waals surface area contributed by atoms with E-state index in [-0.39, 0.29) is 5.41 Å². The Hall–Kier alpha value is -4.40. The van der Waals surface area contributed by atoms with Crippen molar-refractivity contribution in [2.45, 2.75) is 19.3 Å². The molecule has 2 aromatic heterocycles. The van der Waals surface area contributed by atoms with Crippen molar-refractivity contribution in [1.82, 2.24) is 4.57 Å². The molecule has 0 atom stereocenters. The second-order valence-electron chi connectivity index (χ2n) is 11.3. The summed E-state index contributed by atoms with van der Waals surface area (Å²) in [6.07, 6.45) is 0. The summed E-state index contributed by atoms with van der Waals surface area (Å²) in [6.45, 7) is 4.77. The smallest absolute Gasteiger partial charge is 0.0720 e. The van der Waals surface area contributed by atoms with E-state index in [4.69, 9.17) is 0 Å². The Bertz CT molecular complexity index is 2300. The number of para-hydroxylation sites is 1. The van der Waals surface area contributed by atoms with Crippen molar-refractivity contribution in [3.63, 3.8) is 0 Å². The Morgan fingerprint density at radius 3 is 1.95 bits per heavy atom. The molecule has 184 valence electrons. The molecule has 0 spiro atoms. The molecule has 2 heteroatoms. The Morgan fingerprint density at radius 2 is 1.15 bits per heavy atom. The molecule has 39 heavy (non-hydrogen) atoms. The molecule has 0 N–H and O–H groups in total. The normalized spacial score (nSPS) is 14.1. The van der Waals surface area contributed by atoms with Crippen LogP contribution in [0, 0.1) is 0 Å². The number of hydrogen-bond acceptors (Lipinski definition) is 1. The largest absolute Gasteiger partial charge is 0.307 e. The fourth-order valence-corrected chi connectivity index (χ4v) is 8.69. The van der Waals surface area contributed by atoms with Gasteiger partial charge in [-0.15, -0.1) is 11.3 Å². The van der Waals surface area contributed by atoms with Crippen LogP contribution in [0.15, 0.2) is 115 Å². The molecular formula is C37H25NS. The van der Waals surface area contributed by atoms with E-state index in [9.17, 15) is 0 Å². The molecule has 0 bridgehead atoms. The molecule has 0 radical (unpaired) electrons. The van der Waals surface area contributed by atoms with Crippen molar-refractivity contribution in [2.75, 3.05) is 0 Å². The van der Waals surface area contributed by atoms with Crippen LogP contribution in [0.2, 0.25) is 0 Å². The molecule has 9 rings (SSSR count). The van der Waals surface area contributed by atoms with Gasteiger partial charge in [0.2, 0.25) is 0 Å². The molecule has 0 saturated carbocycles. The second kappa shape index (κ2) is 7.37. The first-order chi connectivity index (χ1) is 19.1. The summed E-state index contributed by atoms with van der Waals surface area (Å²) in [5, 5.41) is 9.29. The first-order valence-electron chi connectivity index (χ1n) is 13.6. The van der Waals surface area contributed by atoms with Gasteiger partial charge in [0.15, 0.2) is 0 Å². The fourth-order valence-electron chi connectivity index (χ4n) is 7.22. The predicted octanol–water partition coefficient (Wildman–Crippen LogP) is 10.6. The number of thiophene rings is 1. The SMILES string of the molecule is CC1(C)c2ccccc2-c2c1sc1c2ccc2c3c4ccccc4c4ccccc4c3n(-c3ccccc3)c21. The molecule has 0 unspecified atom stereocenters. The molecule has 0 saturated heterocycles. The standard InChI is InChI=1S/C37H25NS/c1-37(2)30-19-11-10-18-27(30)32-29-21-20-28-31-25-16-8-6-14-23(25)24-15-7-9-17-26(24)33(31)38(22-12-4-3-5-13-22)34(28)35(29)39-36(32)37/h3-21H,1-2H3. The van der Waals surface area contributed by atoms with Gasteiger partial charge >= 0.3 is 0 Å². The number of aromatic nitrogens is 1. The van der Waals surface area contributed by atoms with E-state index in [2.05, 4.69) is 134 Å². The van der Waals surface area contributed by atoms with Crippen LogP contribution in [-0.2, 0) is 5.41 Å². The third-order valence-electron chi connectivity index (χ3n) is 8.91. The van der Waals surface area contributed by atoms with E-state index in [1.54, 1.807) is 0 Å². The zero-order chi connectivity index (χ0) is 25.9. The lowest BCUT2D eigenvalue weighted by atomic mass is 9.87. The number of nitrogens with zero attached hydrogens (tertiary/aromatic N) is 1. The second-order valence-corrected chi connectivity index (χ2v) is 12.3.